The maximum absolute atomic E-state index is 11.9. The summed E-state index contributed by atoms with van der Waals surface area (Å²) in [5.74, 6) is -3.58. The second-order valence-corrected chi connectivity index (χ2v) is 4.47. The van der Waals surface area contributed by atoms with Crippen molar-refractivity contribution < 1.29 is 24.6 Å². The lowest BCUT2D eigenvalue weighted by atomic mass is 9.89. The predicted molar refractivity (Wildman–Crippen MR) is 64.5 cm³/mol. The number of carboxylic acid groups (broad SMARTS) is 2. The summed E-state index contributed by atoms with van der Waals surface area (Å²) in [6.07, 6.45) is -1.16. The molecule has 0 aliphatic carbocycles. The Bertz CT molecular complexity index is 513. The number of amides is 2. The van der Waals surface area contributed by atoms with Crippen LogP contribution in [-0.4, -0.2) is 39.6 Å². The summed E-state index contributed by atoms with van der Waals surface area (Å²) in [6, 6.07) is 8.97. The van der Waals surface area contributed by atoms with Gasteiger partial charge in [0.1, 0.15) is 0 Å². The molecular weight excluding hydrogens is 250 g/mol. The number of imide groups is 1. The first-order valence-corrected chi connectivity index (χ1v) is 5.81. The van der Waals surface area contributed by atoms with Crippen LogP contribution in [0.25, 0.3) is 0 Å². The van der Waals surface area contributed by atoms with Crippen molar-refractivity contribution in [2.24, 2.45) is 11.8 Å². The summed E-state index contributed by atoms with van der Waals surface area (Å²) >= 11 is 0. The standard InChI is InChI=1S/C13H13NO5/c15-11-9(6-8-4-2-1-3-5-8)10(12(16)17)7-14(11)13(18)19/h1-5,9-10H,6-7H2,(H,16,17)(H,18,19)/t9-,10+/m1/s1. The van der Waals surface area contributed by atoms with Crippen molar-refractivity contribution in [2.45, 2.75) is 6.42 Å². The highest BCUT2D eigenvalue weighted by molar-refractivity contribution is 5.98. The molecule has 0 unspecified atom stereocenters. The second kappa shape index (κ2) is 5.09. The maximum atomic E-state index is 11.9. The van der Waals surface area contributed by atoms with Crippen LogP contribution < -0.4 is 0 Å². The Balaban J connectivity index is 2.23. The predicted octanol–water partition coefficient (Wildman–Crippen LogP) is 1.07. The van der Waals surface area contributed by atoms with Crippen molar-refractivity contribution in [3.8, 4) is 0 Å². The van der Waals surface area contributed by atoms with E-state index in [0.29, 0.717) is 4.90 Å². The Hall–Kier alpha value is -2.37. The lowest BCUT2D eigenvalue weighted by Crippen LogP contribution is -2.32. The largest absolute Gasteiger partial charge is 0.481 e. The van der Waals surface area contributed by atoms with E-state index in [4.69, 9.17) is 10.2 Å². The van der Waals surface area contributed by atoms with E-state index in [1.165, 1.54) is 0 Å². The summed E-state index contributed by atoms with van der Waals surface area (Å²) in [4.78, 5) is 34.6. The summed E-state index contributed by atoms with van der Waals surface area (Å²) < 4.78 is 0. The number of hydrogen-bond donors (Lipinski definition) is 2. The number of nitrogens with zero attached hydrogens (tertiary/aromatic N) is 1. The Morgan fingerprint density at radius 3 is 2.37 bits per heavy atom. The third-order valence-electron chi connectivity index (χ3n) is 3.29. The van der Waals surface area contributed by atoms with Gasteiger partial charge >= 0.3 is 12.1 Å². The molecule has 2 atom stereocenters. The van der Waals surface area contributed by atoms with Gasteiger partial charge in [-0.2, -0.15) is 0 Å². The van der Waals surface area contributed by atoms with E-state index in [0.717, 1.165) is 5.56 Å². The van der Waals surface area contributed by atoms with Gasteiger partial charge in [0.2, 0.25) is 5.91 Å². The van der Waals surface area contributed by atoms with Crippen molar-refractivity contribution in [2.75, 3.05) is 6.54 Å². The van der Waals surface area contributed by atoms with Crippen molar-refractivity contribution in [3.63, 3.8) is 0 Å². The number of carboxylic acids is 1. The van der Waals surface area contributed by atoms with E-state index in [2.05, 4.69) is 0 Å². The van der Waals surface area contributed by atoms with Gasteiger partial charge in [-0.05, 0) is 12.0 Å². The Labute approximate surface area is 109 Å². The Morgan fingerprint density at radius 1 is 1.21 bits per heavy atom. The molecule has 1 aliphatic rings. The molecule has 100 valence electrons. The van der Waals surface area contributed by atoms with Crippen LogP contribution in [0.5, 0.6) is 0 Å². The van der Waals surface area contributed by atoms with Crippen molar-refractivity contribution in [1.29, 1.82) is 0 Å². The minimum Gasteiger partial charge on any atom is -0.481 e. The lowest BCUT2D eigenvalue weighted by Gasteiger charge is -2.12. The number of carbonyl (C=O) groups excluding carboxylic acids is 1. The molecule has 0 saturated carbocycles. The van der Waals surface area contributed by atoms with Crippen molar-refractivity contribution >= 4 is 18.0 Å². The van der Waals surface area contributed by atoms with Gasteiger partial charge < -0.3 is 10.2 Å². The molecule has 0 aromatic heterocycles. The normalized spacial score (nSPS) is 22.5. The van der Waals surface area contributed by atoms with Crippen LogP contribution >= 0.6 is 0 Å². The minimum absolute atomic E-state index is 0.237. The van der Waals surface area contributed by atoms with Crippen LogP contribution in [0.3, 0.4) is 0 Å². The topological polar surface area (TPSA) is 94.9 Å². The lowest BCUT2D eigenvalue weighted by molar-refractivity contribution is -0.144. The number of carbonyl (C=O) groups is 3. The fraction of sp³-hybridized carbons (Fsp3) is 0.308. The smallest absolute Gasteiger partial charge is 0.414 e. The molecule has 6 nitrogen and oxygen atoms in total. The minimum atomic E-state index is -1.40. The number of aliphatic carboxylic acids is 1. The van der Waals surface area contributed by atoms with Gasteiger partial charge in [-0.1, -0.05) is 30.3 Å². The summed E-state index contributed by atoms with van der Waals surface area (Å²) in [6.45, 7) is -0.277. The van der Waals surface area contributed by atoms with E-state index < -0.39 is 29.8 Å². The number of benzene rings is 1. The van der Waals surface area contributed by atoms with Gasteiger partial charge in [0.05, 0.1) is 11.8 Å². The zero-order valence-corrected chi connectivity index (χ0v) is 10.0. The molecule has 6 heteroatoms. The molecule has 1 aromatic rings. The number of rotatable bonds is 3. The summed E-state index contributed by atoms with van der Waals surface area (Å²) in [7, 11) is 0. The summed E-state index contributed by atoms with van der Waals surface area (Å²) in [5.41, 5.74) is 0.819. The van der Waals surface area contributed by atoms with Crippen LogP contribution in [-0.2, 0) is 16.0 Å². The molecule has 0 radical (unpaired) electrons. The highest BCUT2D eigenvalue weighted by atomic mass is 16.4. The highest BCUT2D eigenvalue weighted by Crippen LogP contribution is 2.28. The fourth-order valence-corrected chi connectivity index (χ4v) is 2.31. The Kier molecular flexibility index (Phi) is 3.50. The van der Waals surface area contributed by atoms with Gasteiger partial charge in [0.25, 0.3) is 0 Å². The molecule has 0 spiro atoms. The molecule has 1 aliphatic heterocycles. The third kappa shape index (κ3) is 2.57. The molecule has 2 rings (SSSR count). The van der Waals surface area contributed by atoms with Gasteiger partial charge in [0, 0.05) is 6.54 Å². The van der Waals surface area contributed by atoms with E-state index >= 15 is 0 Å². The number of hydrogen-bond acceptors (Lipinski definition) is 3. The second-order valence-electron chi connectivity index (χ2n) is 4.47. The van der Waals surface area contributed by atoms with Crippen LogP contribution in [0.15, 0.2) is 30.3 Å². The average Bonchev–Trinajstić information content (AvgIpc) is 2.69. The Morgan fingerprint density at radius 2 is 1.84 bits per heavy atom. The first-order valence-electron chi connectivity index (χ1n) is 5.81. The monoisotopic (exact) mass is 263 g/mol. The molecule has 1 fully saturated rings. The fourth-order valence-electron chi connectivity index (χ4n) is 2.31. The molecule has 2 N–H and O–H groups in total. The van der Waals surface area contributed by atoms with Gasteiger partial charge in [0.15, 0.2) is 0 Å². The average molecular weight is 263 g/mol. The molecule has 1 aromatic carbocycles. The third-order valence-corrected chi connectivity index (χ3v) is 3.29. The van der Waals surface area contributed by atoms with Gasteiger partial charge in [-0.25, -0.2) is 9.69 Å². The van der Waals surface area contributed by atoms with E-state index in [-0.39, 0.29) is 13.0 Å². The zero-order chi connectivity index (χ0) is 14.0. The maximum Gasteiger partial charge on any atom is 0.414 e. The van der Waals surface area contributed by atoms with Crippen LogP contribution in [0.1, 0.15) is 5.56 Å². The van der Waals surface area contributed by atoms with E-state index in [9.17, 15) is 14.4 Å². The van der Waals surface area contributed by atoms with Gasteiger partial charge in [-0.15, -0.1) is 0 Å². The highest BCUT2D eigenvalue weighted by Gasteiger charge is 2.46. The van der Waals surface area contributed by atoms with E-state index in [1.54, 1.807) is 24.3 Å². The first kappa shape index (κ1) is 13.1. The van der Waals surface area contributed by atoms with Crippen LogP contribution in [0, 0.1) is 11.8 Å². The van der Waals surface area contributed by atoms with Crippen molar-refractivity contribution in [1.82, 2.24) is 4.90 Å². The van der Waals surface area contributed by atoms with Gasteiger partial charge in [-0.3, -0.25) is 9.59 Å². The number of likely N-dealkylation sites (tertiary alicyclic amines) is 1. The summed E-state index contributed by atoms with van der Waals surface area (Å²) in [5, 5.41) is 18.0. The van der Waals surface area contributed by atoms with Crippen LogP contribution in [0.2, 0.25) is 0 Å². The molecular formula is C13H13NO5. The quantitative estimate of drug-likeness (QED) is 0.850. The SMILES string of the molecule is O=C(O)[C@H]1CN(C(=O)O)C(=O)[C@@H]1Cc1ccccc1. The molecule has 19 heavy (non-hydrogen) atoms. The van der Waals surface area contributed by atoms with Crippen molar-refractivity contribution in [3.05, 3.63) is 35.9 Å². The molecule has 0 bridgehead atoms. The molecule has 1 heterocycles. The zero-order valence-electron chi connectivity index (χ0n) is 10.0. The molecule has 2 amide bonds. The molecule has 1 saturated heterocycles. The van der Waals surface area contributed by atoms with E-state index in [1.807, 2.05) is 6.07 Å². The first-order chi connectivity index (χ1) is 9.00. The van der Waals surface area contributed by atoms with Crippen LogP contribution in [0.4, 0.5) is 4.79 Å².